The molecule has 0 aliphatic rings. The summed E-state index contributed by atoms with van der Waals surface area (Å²) in [6, 6.07) is 0. The molecule has 66 valence electrons. The van der Waals surface area contributed by atoms with Crippen molar-refractivity contribution in [3.05, 3.63) is 17.5 Å². The summed E-state index contributed by atoms with van der Waals surface area (Å²) in [5.74, 6) is -1.06. The number of thiocyanates is 1. The third-order valence-corrected chi connectivity index (χ3v) is 1.80. The van der Waals surface area contributed by atoms with Crippen molar-refractivity contribution in [3.8, 4) is 5.40 Å². The van der Waals surface area contributed by atoms with Crippen LogP contribution in [0.15, 0.2) is 11.4 Å². The Hall–Kier alpha value is -1.61. The Bertz CT molecular complexity index is 386. The van der Waals surface area contributed by atoms with Crippen molar-refractivity contribution in [3.63, 3.8) is 0 Å². The lowest BCUT2D eigenvalue weighted by molar-refractivity contribution is 0.0695. The smallest absolute Gasteiger partial charge is 0.339 e. The van der Waals surface area contributed by atoms with Crippen LogP contribution in [0.3, 0.4) is 0 Å². The number of nitrogens with zero attached hydrogens (tertiary/aromatic N) is 3. The maximum absolute atomic E-state index is 10.5. The number of carboxylic acids is 1. The molecule has 0 atom stereocenters. The number of hydrogen-bond donors (Lipinski definition) is 1. The Kier molecular flexibility index (Phi) is 2.82. The van der Waals surface area contributed by atoms with Gasteiger partial charge >= 0.3 is 5.97 Å². The van der Waals surface area contributed by atoms with E-state index < -0.39 is 5.97 Å². The van der Waals surface area contributed by atoms with Crippen molar-refractivity contribution in [2.24, 2.45) is 0 Å². The summed E-state index contributed by atoms with van der Waals surface area (Å²) in [6.45, 7) is 1.56. The lowest BCUT2D eigenvalue weighted by Gasteiger charge is -1.98. The molecule has 1 aromatic heterocycles. The van der Waals surface area contributed by atoms with Crippen LogP contribution in [-0.4, -0.2) is 21.0 Å². The minimum absolute atomic E-state index is 0.0577. The summed E-state index contributed by atoms with van der Waals surface area (Å²) in [7, 11) is 0. The first-order valence-electron chi connectivity index (χ1n) is 3.28. The molecule has 13 heavy (non-hydrogen) atoms. The van der Waals surface area contributed by atoms with Crippen LogP contribution in [0.2, 0.25) is 0 Å². The Morgan fingerprint density at radius 3 is 2.92 bits per heavy atom. The fraction of sp³-hybridized carbons (Fsp3) is 0.143. The van der Waals surface area contributed by atoms with Crippen LogP contribution >= 0.6 is 11.8 Å². The van der Waals surface area contributed by atoms with Crippen LogP contribution in [-0.2, 0) is 0 Å². The van der Waals surface area contributed by atoms with Gasteiger partial charge in [0.1, 0.15) is 5.40 Å². The normalized spacial score (nSPS) is 9.23. The quantitative estimate of drug-likeness (QED) is 0.431. The molecule has 0 aromatic carbocycles. The fourth-order valence-electron chi connectivity index (χ4n) is 0.746. The van der Waals surface area contributed by atoms with Crippen LogP contribution in [0, 0.1) is 17.6 Å². The van der Waals surface area contributed by atoms with Gasteiger partial charge in [0.15, 0.2) is 0 Å². The summed E-state index contributed by atoms with van der Waals surface area (Å²) < 4.78 is 0. The molecule has 0 aliphatic carbocycles. The molecule has 1 N–H and O–H groups in total. The zero-order valence-corrected chi connectivity index (χ0v) is 7.50. The number of nitriles is 1. The van der Waals surface area contributed by atoms with E-state index in [1.807, 2.05) is 0 Å². The highest BCUT2D eigenvalue weighted by molar-refractivity contribution is 8.03. The van der Waals surface area contributed by atoms with Crippen LogP contribution in [0.4, 0.5) is 0 Å². The maximum atomic E-state index is 10.5. The maximum Gasteiger partial charge on any atom is 0.339 e. The summed E-state index contributed by atoms with van der Waals surface area (Å²) in [6.07, 6.45) is 1.20. The van der Waals surface area contributed by atoms with Gasteiger partial charge in [-0.15, -0.1) is 0 Å². The van der Waals surface area contributed by atoms with Gasteiger partial charge in [-0.1, -0.05) is 0 Å². The lowest BCUT2D eigenvalue weighted by atomic mass is 10.2. The second kappa shape index (κ2) is 3.87. The van der Waals surface area contributed by atoms with Gasteiger partial charge in [0.2, 0.25) is 5.16 Å². The van der Waals surface area contributed by atoms with E-state index in [9.17, 15) is 4.79 Å². The first-order valence-corrected chi connectivity index (χ1v) is 4.09. The third kappa shape index (κ3) is 2.16. The average molecular weight is 195 g/mol. The largest absolute Gasteiger partial charge is 0.478 e. The molecule has 0 saturated carbocycles. The molecular weight excluding hydrogens is 190 g/mol. The van der Waals surface area contributed by atoms with Gasteiger partial charge in [-0.2, -0.15) is 5.26 Å². The molecular formula is C7H5N3O2S. The number of thioether (sulfide) groups is 1. The first kappa shape index (κ1) is 9.48. The van der Waals surface area contributed by atoms with E-state index in [1.54, 1.807) is 12.3 Å². The summed E-state index contributed by atoms with van der Waals surface area (Å²) >= 11 is 0.800. The molecule has 0 fully saturated rings. The number of aromatic nitrogens is 2. The predicted molar refractivity (Wildman–Crippen MR) is 45.2 cm³/mol. The van der Waals surface area contributed by atoms with Gasteiger partial charge in [-0.05, 0) is 6.92 Å². The van der Waals surface area contributed by atoms with E-state index in [0.29, 0.717) is 5.69 Å². The van der Waals surface area contributed by atoms with Gasteiger partial charge in [0.05, 0.1) is 11.3 Å². The van der Waals surface area contributed by atoms with Crippen LogP contribution in [0.5, 0.6) is 0 Å². The van der Waals surface area contributed by atoms with Crippen molar-refractivity contribution >= 4 is 17.7 Å². The molecule has 0 bridgehead atoms. The molecule has 0 saturated heterocycles. The number of aromatic carboxylic acids is 1. The molecule has 0 spiro atoms. The highest BCUT2D eigenvalue weighted by atomic mass is 32.2. The van der Waals surface area contributed by atoms with E-state index in [2.05, 4.69) is 9.97 Å². The molecule has 1 heterocycles. The lowest BCUT2D eigenvalue weighted by Crippen LogP contribution is -2.03. The highest BCUT2D eigenvalue weighted by Gasteiger charge is 2.09. The molecule has 6 heteroatoms. The standard InChI is InChI=1S/C7H5N3O2S/c1-4-5(6(11)12)2-9-7(10-4)13-3-8/h2H,1H3,(H,11,12). The second-order valence-corrected chi connectivity index (χ2v) is 2.90. The van der Waals surface area contributed by atoms with E-state index >= 15 is 0 Å². The minimum atomic E-state index is -1.06. The molecule has 0 aliphatic heterocycles. The predicted octanol–water partition coefficient (Wildman–Crippen LogP) is 1.06. The summed E-state index contributed by atoms with van der Waals surface area (Å²) in [5, 5.41) is 19.0. The number of carboxylic acid groups (broad SMARTS) is 1. The number of aryl methyl sites for hydroxylation is 1. The molecule has 0 unspecified atom stereocenters. The molecule has 5 nitrogen and oxygen atoms in total. The fourth-order valence-corrected chi connectivity index (χ4v) is 1.12. The molecule has 0 amide bonds. The molecule has 1 aromatic rings. The van der Waals surface area contributed by atoms with Crippen molar-refractivity contribution in [2.45, 2.75) is 12.1 Å². The van der Waals surface area contributed by atoms with Crippen molar-refractivity contribution in [1.82, 2.24) is 9.97 Å². The van der Waals surface area contributed by atoms with Gasteiger partial charge < -0.3 is 5.11 Å². The van der Waals surface area contributed by atoms with Crippen molar-refractivity contribution < 1.29 is 9.90 Å². The monoisotopic (exact) mass is 195 g/mol. The average Bonchev–Trinajstić information content (AvgIpc) is 2.04. The van der Waals surface area contributed by atoms with Gasteiger partial charge in [0.25, 0.3) is 0 Å². The van der Waals surface area contributed by atoms with Gasteiger partial charge in [0, 0.05) is 18.0 Å². The zero-order chi connectivity index (χ0) is 9.84. The zero-order valence-electron chi connectivity index (χ0n) is 6.68. The second-order valence-electron chi connectivity index (χ2n) is 2.15. The molecule has 0 radical (unpaired) electrons. The van der Waals surface area contributed by atoms with Crippen LogP contribution < -0.4 is 0 Å². The Morgan fingerprint density at radius 1 is 1.77 bits per heavy atom. The topological polar surface area (TPSA) is 86.9 Å². The first-order chi connectivity index (χ1) is 6.15. The minimum Gasteiger partial charge on any atom is -0.478 e. The van der Waals surface area contributed by atoms with Crippen molar-refractivity contribution in [2.75, 3.05) is 0 Å². The number of hydrogen-bond acceptors (Lipinski definition) is 5. The van der Waals surface area contributed by atoms with Gasteiger partial charge in [-0.25, -0.2) is 14.8 Å². The van der Waals surface area contributed by atoms with E-state index in [-0.39, 0.29) is 10.7 Å². The summed E-state index contributed by atoms with van der Waals surface area (Å²) in [4.78, 5) is 18.1. The Balaban J connectivity index is 3.07. The number of rotatable bonds is 2. The Labute approximate surface area is 78.4 Å². The SMILES string of the molecule is Cc1nc(SC#N)ncc1C(=O)O. The van der Waals surface area contributed by atoms with Gasteiger partial charge in [-0.3, -0.25) is 0 Å². The third-order valence-electron chi connectivity index (χ3n) is 1.32. The highest BCUT2D eigenvalue weighted by Crippen LogP contribution is 2.12. The Morgan fingerprint density at radius 2 is 2.46 bits per heavy atom. The summed E-state index contributed by atoms with van der Waals surface area (Å²) in [5.41, 5.74) is 0.419. The van der Waals surface area contributed by atoms with E-state index in [1.165, 1.54) is 6.20 Å². The van der Waals surface area contributed by atoms with Crippen LogP contribution in [0.25, 0.3) is 0 Å². The number of carbonyl (C=O) groups is 1. The van der Waals surface area contributed by atoms with E-state index in [4.69, 9.17) is 10.4 Å². The molecule has 1 rings (SSSR count). The van der Waals surface area contributed by atoms with E-state index in [0.717, 1.165) is 11.8 Å². The van der Waals surface area contributed by atoms with Crippen molar-refractivity contribution in [1.29, 1.82) is 5.26 Å². The van der Waals surface area contributed by atoms with Crippen LogP contribution in [0.1, 0.15) is 16.1 Å².